The molecule has 0 aromatic carbocycles. The van der Waals surface area contributed by atoms with Gasteiger partial charge in [-0.15, -0.1) is 0 Å². The summed E-state index contributed by atoms with van der Waals surface area (Å²) in [5, 5.41) is 4.01. The molecule has 24 heavy (non-hydrogen) atoms. The Morgan fingerprint density at radius 2 is 2.00 bits per heavy atom. The molecule has 0 bridgehead atoms. The fourth-order valence-corrected chi connectivity index (χ4v) is 3.28. The van der Waals surface area contributed by atoms with Gasteiger partial charge in [0, 0.05) is 25.7 Å². The first-order chi connectivity index (χ1) is 11.6. The molecule has 0 saturated carbocycles. The van der Waals surface area contributed by atoms with E-state index in [1.54, 1.807) is 6.07 Å². The van der Waals surface area contributed by atoms with Crippen molar-refractivity contribution in [2.75, 3.05) is 46.1 Å². The van der Waals surface area contributed by atoms with Gasteiger partial charge in [-0.3, -0.25) is 9.69 Å². The van der Waals surface area contributed by atoms with Crippen LogP contribution in [0.15, 0.2) is 10.6 Å². The molecule has 1 unspecified atom stereocenters. The highest BCUT2D eigenvalue weighted by Crippen LogP contribution is 2.19. The fourth-order valence-electron chi connectivity index (χ4n) is 3.28. The molecule has 0 radical (unpaired) electrons. The van der Waals surface area contributed by atoms with Gasteiger partial charge in [0.05, 0.1) is 39.0 Å². The molecule has 2 aliphatic heterocycles. The van der Waals surface area contributed by atoms with E-state index in [9.17, 15) is 4.79 Å². The third kappa shape index (κ3) is 4.34. The lowest BCUT2D eigenvalue weighted by Crippen LogP contribution is -2.49. The molecular formula is C17H27N3O4. The summed E-state index contributed by atoms with van der Waals surface area (Å²) < 4.78 is 16.3. The Morgan fingerprint density at radius 3 is 2.75 bits per heavy atom. The van der Waals surface area contributed by atoms with Crippen LogP contribution in [0.25, 0.3) is 0 Å². The number of aromatic nitrogens is 1. The predicted molar refractivity (Wildman–Crippen MR) is 87.7 cm³/mol. The Hall–Kier alpha value is -1.44. The fraction of sp³-hybridized carbons (Fsp3) is 0.765. The Labute approximate surface area is 142 Å². The van der Waals surface area contributed by atoms with Crippen LogP contribution < -0.4 is 0 Å². The summed E-state index contributed by atoms with van der Waals surface area (Å²) in [7, 11) is 0. The van der Waals surface area contributed by atoms with E-state index in [0.717, 1.165) is 38.5 Å². The summed E-state index contributed by atoms with van der Waals surface area (Å²) in [6.45, 7) is 10.0. The summed E-state index contributed by atoms with van der Waals surface area (Å²) in [5.41, 5.74) is 0.397. The molecule has 0 N–H and O–H groups in total. The van der Waals surface area contributed by atoms with Crippen molar-refractivity contribution < 1.29 is 18.8 Å². The zero-order valence-electron chi connectivity index (χ0n) is 14.6. The summed E-state index contributed by atoms with van der Waals surface area (Å²) in [6.07, 6.45) is 0.935. The van der Waals surface area contributed by atoms with Crippen molar-refractivity contribution in [2.45, 2.75) is 32.9 Å². The van der Waals surface area contributed by atoms with Crippen LogP contribution in [0, 0.1) is 5.92 Å². The summed E-state index contributed by atoms with van der Waals surface area (Å²) in [4.78, 5) is 16.9. The zero-order valence-corrected chi connectivity index (χ0v) is 14.6. The van der Waals surface area contributed by atoms with Crippen molar-refractivity contribution in [3.8, 4) is 0 Å². The van der Waals surface area contributed by atoms with Crippen LogP contribution in [0.1, 0.15) is 36.5 Å². The molecule has 0 aliphatic carbocycles. The smallest absolute Gasteiger partial charge is 0.276 e. The molecule has 2 saturated heterocycles. The Kier molecular flexibility index (Phi) is 5.86. The molecule has 3 rings (SSSR count). The largest absolute Gasteiger partial charge is 0.379 e. The van der Waals surface area contributed by atoms with Gasteiger partial charge in [-0.25, -0.2) is 0 Å². The first-order valence-electron chi connectivity index (χ1n) is 8.78. The van der Waals surface area contributed by atoms with Crippen molar-refractivity contribution >= 4 is 5.91 Å². The number of amides is 1. The number of carbonyl (C=O) groups is 1. The molecule has 0 spiro atoms. The van der Waals surface area contributed by atoms with E-state index in [1.165, 1.54) is 0 Å². The van der Waals surface area contributed by atoms with Gasteiger partial charge in [-0.1, -0.05) is 19.0 Å². The zero-order chi connectivity index (χ0) is 16.9. The normalized spacial score (nSPS) is 23.0. The van der Waals surface area contributed by atoms with Crippen LogP contribution in [0.3, 0.4) is 0 Å². The number of hydrogen-bond acceptors (Lipinski definition) is 6. The highest BCUT2D eigenvalue weighted by molar-refractivity contribution is 5.92. The van der Waals surface area contributed by atoms with Crippen molar-refractivity contribution in [3.63, 3.8) is 0 Å². The van der Waals surface area contributed by atoms with Gasteiger partial charge in [0.2, 0.25) is 0 Å². The SMILES string of the molecule is CC(C)CC1COCCN1C(=O)c1cc(CN2CCOCC2)on1. The van der Waals surface area contributed by atoms with Crippen LogP contribution in [0.4, 0.5) is 0 Å². The monoisotopic (exact) mass is 337 g/mol. The van der Waals surface area contributed by atoms with Crippen LogP contribution in [-0.2, 0) is 16.0 Å². The quantitative estimate of drug-likeness (QED) is 0.809. The average molecular weight is 337 g/mol. The van der Waals surface area contributed by atoms with Gasteiger partial charge in [0.25, 0.3) is 5.91 Å². The van der Waals surface area contributed by atoms with E-state index in [1.807, 2.05) is 4.90 Å². The maximum atomic E-state index is 12.8. The number of rotatable bonds is 5. The average Bonchev–Trinajstić information content (AvgIpc) is 3.03. The minimum Gasteiger partial charge on any atom is -0.379 e. The lowest BCUT2D eigenvalue weighted by Gasteiger charge is -2.36. The first-order valence-corrected chi connectivity index (χ1v) is 8.78. The third-order valence-electron chi connectivity index (χ3n) is 4.49. The topological polar surface area (TPSA) is 68.0 Å². The Bertz CT molecular complexity index is 540. The van der Waals surface area contributed by atoms with Crippen LogP contribution in [0.5, 0.6) is 0 Å². The van der Waals surface area contributed by atoms with E-state index in [0.29, 0.717) is 37.9 Å². The molecule has 7 nitrogen and oxygen atoms in total. The van der Waals surface area contributed by atoms with E-state index >= 15 is 0 Å². The standard InChI is InChI=1S/C17H27N3O4/c1-13(2)9-14-12-23-8-5-20(14)17(21)16-10-15(24-18-16)11-19-3-6-22-7-4-19/h10,13-14H,3-9,11-12H2,1-2H3. The molecule has 1 atom stereocenters. The third-order valence-corrected chi connectivity index (χ3v) is 4.49. The molecule has 2 fully saturated rings. The second kappa shape index (κ2) is 8.09. The maximum absolute atomic E-state index is 12.8. The van der Waals surface area contributed by atoms with Gasteiger partial charge in [-0.05, 0) is 12.3 Å². The molecule has 1 aromatic heterocycles. The molecule has 2 aliphatic rings. The molecule has 1 amide bonds. The number of carbonyl (C=O) groups excluding carboxylic acids is 1. The Balaban J connectivity index is 1.63. The van der Waals surface area contributed by atoms with Crippen LogP contribution in [0.2, 0.25) is 0 Å². The second-order valence-corrected chi connectivity index (χ2v) is 6.92. The van der Waals surface area contributed by atoms with E-state index in [4.69, 9.17) is 14.0 Å². The number of hydrogen-bond donors (Lipinski definition) is 0. The predicted octanol–water partition coefficient (Wildman–Crippen LogP) is 1.39. The molecular weight excluding hydrogens is 310 g/mol. The van der Waals surface area contributed by atoms with Gasteiger partial charge in [0.1, 0.15) is 0 Å². The van der Waals surface area contributed by atoms with Crippen molar-refractivity contribution in [1.82, 2.24) is 15.0 Å². The number of ether oxygens (including phenoxy) is 2. The summed E-state index contributed by atoms with van der Waals surface area (Å²) in [5.74, 6) is 1.19. The van der Waals surface area contributed by atoms with Crippen molar-refractivity contribution in [1.29, 1.82) is 0 Å². The minimum atomic E-state index is -0.0547. The van der Waals surface area contributed by atoms with Crippen molar-refractivity contribution in [2.24, 2.45) is 5.92 Å². The molecule has 7 heteroatoms. The summed E-state index contributed by atoms with van der Waals surface area (Å²) in [6, 6.07) is 1.89. The molecule has 3 heterocycles. The van der Waals surface area contributed by atoms with Crippen molar-refractivity contribution in [3.05, 3.63) is 17.5 Å². The Morgan fingerprint density at radius 1 is 1.25 bits per heavy atom. The first kappa shape index (κ1) is 17.4. The van der Waals surface area contributed by atoms with Crippen LogP contribution >= 0.6 is 0 Å². The van der Waals surface area contributed by atoms with Gasteiger partial charge >= 0.3 is 0 Å². The van der Waals surface area contributed by atoms with Gasteiger partial charge in [-0.2, -0.15) is 0 Å². The van der Waals surface area contributed by atoms with E-state index in [2.05, 4.69) is 23.9 Å². The second-order valence-electron chi connectivity index (χ2n) is 6.92. The summed E-state index contributed by atoms with van der Waals surface area (Å²) >= 11 is 0. The molecule has 134 valence electrons. The maximum Gasteiger partial charge on any atom is 0.276 e. The lowest BCUT2D eigenvalue weighted by molar-refractivity contribution is -0.00794. The van der Waals surface area contributed by atoms with E-state index in [-0.39, 0.29) is 11.9 Å². The van der Waals surface area contributed by atoms with Crippen LogP contribution in [-0.4, -0.2) is 73.0 Å². The number of morpholine rings is 2. The van der Waals surface area contributed by atoms with Gasteiger partial charge in [0.15, 0.2) is 11.5 Å². The highest BCUT2D eigenvalue weighted by Gasteiger charge is 2.30. The minimum absolute atomic E-state index is 0.0547. The highest BCUT2D eigenvalue weighted by atomic mass is 16.5. The van der Waals surface area contributed by atoms with Gasteiger partial charge < -0.3 is 18.9 Å². The lowest BCUT2D eigenvalue weighted by atomic mass is 10.0. The number of nitrogens with zero attached hydrogens (tertiary/aromatic N) is 3. The molecule has 1 aromatic rings. The van der Waals surface area contributed by atoms with E-state index < -0.39 is 0 Å².